The first-order chi connectivity index (χ1) is 12.8. The van der Waals surface area contributed by atoms with Gasteiger partial charge in [-0.05, 0) is 32.0 Å². The minimum Gasteiger partial charge on any atom is -0.302 e. The molecule has 1 atom stereocenters. The Labute approximate surface area is 162 Å². The Morgan fingerprint density at radius 1 is 1.30 bits per heavy atom. The quantitative estimate of drug-likeness (QED) is 0.652. The zero-order valence-corrected chi connectivity index (χ0v) is 16.6. The van der Waals surface area contributed by atoms with E-state index in [1.165, 1.54) is 11.3 Å². The zero-order chi connectivity index (χ0) is 19.4. The van der Waals surface area contributed by atoms with Crippen molar-refractivity contribution in [2.45, 2.75) is 37.0 Å². The van der Waals surface area contributed by atoms with Gasteiger partial charge in [-0.2, -0.15) is 5.10 Å². The zero-order valence-electron chi connectivity index (χ0n) is 15.0. The largest absolute Gasteiger partial charge is 0.302 e. The van der Waals surface area contributed by atoms with Gasteiger partial charge in [0.1, 0.15) is 0 Å². The summed E-state index contributed by atoms with van der Waals surface area (Å²) in [5.74, 6) is -0.396. The molecular weight excluding hydrogens is 384 g/mol. The Morgan fingerprint density at radius 3 is 2.70 bits per heavy atom. The van der Waals surface area contributed by atoms with Crippen molar-refractivity contribution in [1.29, 1.82) is 0 Å². The number of hydrogen-bond acceptors (Lipinski definition) is 6. The fourth-order valence-electron chi connectivity index (χ4n) is 2.53. The van der Waals surface area contributed by atoms with Crippen molar-refractivity contribution in [3.63, 3.8) is 0 Å². The van der Waals surface area contributed by atoms with Crippen LogP contribution in [0.15, 0.2) is 53.0 Å². The summed E-state index contributed by atoms with van der Waals surface area (Å²) in [5.41, 5.74) is 1.41. The van der Waals surface area contributed by atoms with Crippen LogP contribution in [0.3, 0.4) is 0 Å². The predicted octanol–water partition coefficient (Wildman–Crippen LogP) is 3.21. The number of carbonyl (C=O) groups excluding carboxylic acids is 1. The van der Waals surface area contributed by atoms with Crippen LogP contribution in [0.25, 0.3) is 0 Å². The van der Waals surface area contributed by atoms with Gasteiger partial charge in [0.25, 0.3) is 0 Å². The van der Waals surface area contributed by atoms with E-state index in [2.05, 4.69) is 15.4 Å². The maximum atomic E-state index is 12.5. The molecule has 2 aromatic heterocycles. The third kappa shape index (κ3) is 5.01. The molecule has 0 aliphatic carbocycles. The SMILES string of the molecule is Cc1ccc(S(=O)(=O)Cc2csc(NC(=O)C[C@@H](C)n3cccn3)n2)cc1. The summed E-state index contributed by atoms with van der Waals surface area (Å²) in [4.78, 5) is 16.7. The molecule has 0 unspecified atom stereocenters. The van der Waals surface area contributed by atoms with Crippen LogP contribution in [0, 0.1) is 6.92 Å². The van der Waals surface area contributed by atoms with E-state index in [9.17, 15) is 13.2 Å². The Kier molecular flexibility index (Phi) is 5.71. The number of carbonyl (C=O) groups is 1. The molecule has 1 amide bonds. The van der Waals surface area contributed by atoms with Gasteiger partial charge < -0.3 is 5.32 Å². The molecule has 142 valence electrons. The van der Waals surface area contributed by atoms with E-state index in [4.69, 9.17) is 0 Å². The van der Waals surface area contributed by atoms with E-state index in [1.807, 2.05) is 13.8 Å². The molecule has 0 fully saturated rings. The van der Waals surface area contributed by atoms with E-state index < -0.39 is 9.84 Å². The van der Waals surface area contributed by atoms with Gasteiger partial charge in [0.2, 0.25) is 5.91 Å². The number of amides is 1. The van der Waals surface area contributed by atoms with Gasteiger partial charge in [-0.3, -0.25) is 9.48 Å². The van der Waals surface area contributed by atoms with Crippen molar-refractivity contribution in [2.75, 3.05) is 5.32 Å². The molecule has 27 heavy (non-hydrogen) atoms. The third-order valence-corrected chi connectivity index (χ3v) is 6.45. The second kappa shape index (κ2) is 8.01. The van der Waals surface area contributed by atoms with Crippen LogP contribution in [0.1, 0.15) is 30.6 Å². The maximum Gasteiger partial charge on any atom is 0.228 e. The molecule has 7 nitrogen and oxygen atoms in total. The number of aryl methyl sites for hydroxylation is 1. The van der Waals surface area contributed by atoms with Crippen LogP contribution in [-0.4, -0.2) is 29.1 Å². The van der Waals surface area contributed by atoms with Crippen molar-refractivity contribution in [3.8, 4) is 0 Å². The Hall–Kier alpha value is -2.52. The highest BCUT2D eigenvalue weighted by molar-refractivity contribution is 7.90. The number of thiazole rings is 1. The van der Waals surface area contributed by atoms with Crippen LogP contribution in [0.5, 0.6) is 0 Å². The molecule has 0 spiro atoms. The molecule has 2 heterocycles. The van der Waals surface area contributed by atoms with Crippen LogP contribution in [-0.2, 0) is 20.4 Å². The van der Waals surface area contributed by atoms with E-state index in [1.54, 1.807) is 52.8 Å². The van der Waals surface area contributed by atoms with E-state index in [0.29, 0.717) is 10.8 Å². The maximum absolute atomic E-state index is 12.5. The summed E-state index contributed by atoms with van der Waals surface area (Å²) in [7, 11) is -3.47. The Bertz CT molecular complexity index is 1010. The van der Waals surface area contributed by atoms with E-state index in [-0.39, 0.29) is 29.0 Å². The van der Waals surface area contributed by atoms with Crippen molar-refractivity contribution < 1.29 is 13.2 Å². The number of nitrogens with zero attached hydrogens (tertiary/aromatic N) is 3. The summed E-state index contributed by atoms with van der Waals surface area (Å²) < 4.78 is 26.7. The molecule has 1 N–H and O–H groups in total. The number of sulfone groups is 1. The number of anilines is 1. The molecule has 1 aromatic carbocycles. The second-order valence-corrected chi connectivity index (χ2v) is 9.15. The first-order valence-electron chi connectivity index (χ1n) is 8.36. The molecular formula is C18H20N4O3S2. The lowest BCUT2D eigenvalue weighted by molar-refractivity contribution is -0.116. The Morgan fingerprint density at radius 2 is 2.04 bits per heavy atom. The summed E-state index contributed by atoms with van der Waals surface area (Å²) in [5, 5.41) is 8.87. The Balaban J connectivity index is 1.61. The number of benzene rings is 1. The minimum atomic E-state index is -3.47. The lowest BCUT2D eigenvalue weighted by Crippen LogP contribution is -2.17. The fourth-order valence-corrected chi connectivity index (χ4v) is 4.61. The number of hydrogen-bond donors (Lipinski definition) is 1. The van der Waals surface area contributed by atoms with Crippen LogP contribution in [0.4, 0.5) is 5.13 Å². The van der Waals surface area contributed by atoms with Gasteiger partial charge in [-0.15, -0.1) is 11.3 Å². The molecule has 0 radical (unpaired) electrons. The highest BCUT2D eigenvalue weighted by Crippen LogP contribution is 2.22. The van der Waals surface area contributed by atoms with Gasteiger partial charge in [0, 0.05) is 24.2 Å². The normalized spacial score (nSPS) is 12.7. The lowest BCUT2D eigenvalue weighted by Gasteiger charge is -2.11. The topological polar surface area (TPSA) is 94.0 Å². The average molecular weight is 405 g/mol. The predicted molar refractivity (Wildman–Crippen MR) is 104 cm³/mol. The molecule has 0 aliphatic heterocycles. The van der Waals surface area contributed by atoms with Gasteiger partial charge in [0.15, 0.2) is 15.0 Å². The molecule has 0 bridgehead atoms. The van der Waals surface area contributed by atoms with Gasteiger partial charge in [-0.1, -0.05) is 17.7 Å². The molecule has 0 aliphatic rings. The van der Waals surface area contributed by atoms with E-state index in [0.717, 1.165) is 5.56 Å². The first-order valence-corrected chi connectivity index (χ1v) is 10.9. The second-order valence-electron chi connectivity index (χ2n) is 6.30. The number of rotatable bonds is 7. The molecule has 0 saturated carbocycles. The molecule has 0 saturated heterocycles. The highest BCUT2D eigenvalue weighted by atomic mass is 32.2. The molecule has 3 rings (SSSR count). The van der Waals surface area contributed by atoms with Crippen LogP contribution < -0.4 is 5.32 Å². The van der Waals surface area contributed by atoms with Crippen molar-refractivity contribution in [2.24, 2.45) is 0 Å². The molecule has 3 aromatic rings. The first kappa shape index (κ1) is 19.2. The lowest BCUT2D eigenvalue weighted by atomic mass is 10.2. The fraction of sp³-hybridized carbons (Fsp3) is 0.278. The van der Waals surface area contributed by atoms with Gasteiger partial charge >= 0.3 is 0 Å². The number of nitrogens with one attached hydrogen (secondary N) is 1. The van der Waals surface area contributed by atoms with Crippen LogP contribution >= 0.6 is 11.3 Å². The standard InChI is InChI=1S/C18H20N4O3S2/c1-13-4-6-16(7-5-13)27(24,25)12-15-11-26-18(20-15)21-17(23)10-14(2)22-9-3-8-19-22/h3-9,11,14H,10,12H2,1-2H3,(H,20,21,23)/t14-/m1/s1. The summed E-state index contributed by atoms with van der Waals surface area (Å²) in [6, 6.07) is 8.44. The smallest absolute Gasteiger partial charge is 0.228 e. The summed E-state index contributed by atoms with van der Waals surface area (Å²) in [6.07, 6.45) is 3.71. The monoisotopic (exact) mass is 404 g/mol. The number of aromatic nitrogens is 3. The van der Waals surface area contributed by atoms with Crippen molar-refractivity contribution in [3.05, 3.63) is 59.4 Å². The van der Waals surface area contributed by atoms with Crippen molar-refractivity contribution in [1.82, 2.24) is 14.8 Å². The van der Waals surface area contributed by atoms with Gasteiger partial charge in [-0.25, -0.2) is 13.4 Å². The minimum absolute atomic E-state index is 0.0821. The van der Waals surface area contributed by atoms with E-state index >= 15 is 0 Å². The van der Waals surface area contributed by atoms with Crippen molar-refractivity contribution >= 4 is 32.2 Å². The van der Waals surface area contributed by atoms with Crippen LogP contribution in [0.2, 0.25) is 0 Å². The van der Waals surface area contributed by atoms with Gasteiger partial charge in [0.05, 0.1) is 22.4 Å². The summed E-state index contributed by atoms with van der Waals surface area (Å²) in [6.45, 7) is 3.80. The average Bonchev–Trinajstić information content (AvgIpc) is 3.27. The molecule has 9 heteroatoms. The third-order valence-electron chi connectivity index (χ3n) is 3.97. The summed E-state index contributed by atoms with van der Waals surface area (Å²) >= 11 is 1.21. The highest BCUT2D eigenvalue weighted by Gasteiger charge is 2.18.